The second-order valence-corrected chi connectivity index (χ2v) is 4.78. The summed E-state index contributed by atoms with van der Waals surface area (Å²) in [6.07, 6.45) is 2.12. The molecule has 0 spiro atoms. The summed E-state index contributed by atoms with van der Waals surface area (Å²) in [5, 5.41) is 0.128. The molecule has 0 fully saturated rings. The summed E-state index contributed by atoms with van der Waals surface area (Å²) in [7, 11) is 0. The molecule has 17 heavy (non-hydrogen) atoms. The average Bonchev–Trinajstić information content (AvgIpc) is 2.77. The summed E-state index contributed by atoms with van der Waals surface area (Å²) in [5.74, 6) is 0. The Kier molecular flexibility index (Phi) is 3.44. The fourth-order valence-electron chi connectivity index (χ4n) is 1.51. The monoisotopic (exact) mass is 271 g/mol. The Labute approximate surface area is 106 Å². The highest BCUT2D eigenvalue weighted by molar-refractivity contribution is 7.09. The van der Waals surface area contributed by atoms with Crippen molar-refractivity contribution in [3.05, 3.63) is 48.1 Å². The van der Waals surface area contributed by atoms with Crippen LogP contribution in [0.1, 0.15) is 17.4 Å². The van der Waals surface area contributed by atoms with Gasteiger partial charge in [-0.05, 0) is 6.42 Å². The van der Waals surface area contributed by atoms with Gasteiger partial charge in [0.15, 0.2) is 0 Å². The van der Waals surface area contributed by atoms with Gasteiger partial charge in [0.05, 0.1) is 17.6 Å². The number of nitrogens with zero attached hydrogens (tertiary/aromatic N) is 2. The van der Waals surface area contributed by atoms with Crippen molar-refractivity contribution in [3.8, 4) is 0 Å². The Morgan fingerprint density at radius 3 is 2.88 bits per heavy atom. The minimum atomic E-state index is -0.495. The van der Waals surface area contributed by atoms with Gasteiger partial charge in [0.2, 0.25) is 0 Å². The number of H-pyrrole nitrogens is 1. The second-order valence-electron chi connectivity index (χ2n) is 3.44. The van der Waals surface area contributed by atoms with Gasteiger partial charge in [-0.2, -0.15) is 0 Å². The lowest BCUT2D eigenvalue weighted by molar-refractivity contribution is 0.692. The van der Waals surface area contributed by atoms with Crippen LogP contribution in [-0.4, -0.2) is 14.5 Å². The number of aromatic amines is 1. The summed E-state index contributed by atoms with van der Waals surface area (Å²) >= 11 is 7.21. The lowest BCUT2D eigenvalue weighted by atomic mass is 10.2. The molecule has 5 nitrogen and oxygen atoms in total. The lowest BCUT2D eigenvalue weighted by Crippen LogP contribution is -2.37. The Balaban J connectivity index is 2.54. The van der Waals surface area contributed by atoms with Gasteiger partial charge in [0, 0.05) is 11.1 Å². The van der Waals surface area contributed by atoms with Gasteiger partial charge in [-0.1, -0.05) is 18.5 Å². The maximum absolute atomic E-state index is 12.0. The van der Waals surface area contributed by atoms with E-state index in [1.54, 1.807) is 11.7 Å². The van der Waals surface area contributed by atoms with Gasteiger partial charge in [-0.15, -0.1) is 11.3 Å². The first-order valence-corrected chi connectivity index (χ1v) is 6.28. The zero-order valence-electron chi connectivity index (χ0n) is 9.07. The van der Waals surface area contributed by atoms with E-state index in [0.29, 0.717) is 12.0 Å². The first kappa shape index (κ1) is 12.1. The number of nitrogens with one attached hydrogen (secondary N) is 1. The van der Waals surface area contributed by atoms with Crippen LogP contribution < -0.4 is 11.2 Å². The quantitative estimate of drug-likeness (QED) is 0.855. The average molecular weight is 272 g/mol. The maximum atomic E-state index is 12.0. The molecule has 0 radical (unpaired) electrons. The molecule has 90 valence electrons. The molecule has 0 atom stereocenters. The van der Waals surface area contributed by atoms with E-state index in [1.165, 1.54) is 11.3 Å². The number of hydrogen-bond donors (Lipinski definition) is 1. The van der Waals surface area contributed by atoms with Gasteiger partial charge in [-0.25, -0.2) is 4.79 Å². The summed E-state index contributed by atoms with van der Waals surface area (Å²) in [6.45, 7) is 2.04. The number of hydrogen-bond acceptors (Lipinski definition) is 4. The predicted octanol–water partition coefficient (Wildman–Crippen LogP) is 1.26. The van der Waals surface area contributed by atoms with E-state index in [-0.39, 0.29) is 17.3 Å². The van der Waals surface area contributed by atoms with Crippen LogP contribution in [0.15, 0.2) is 21.3 Å². The SMILES string of the molecule is CCc1c(Cl)[nH]c(=O)n(Cc2cncs2)c1=O. The highest BCUT2D eigenvalue weighted by Gasteiger charge is 2.11. The van der Waals surface area contributed by atoms with Crippen molar-refractivity contribution < 1.29 is 0 Å². The van der Waals surface area contributed by atoms with Gasteiger partial charge in [0.1, 0.15) is 5.15 Å². The number of halogens is 1. The molecule has 0 aliphatic carbocycles. The van der Waals surface area contributed by atoms with Gasteiger partial charge < -0.3 is 0 Å². The normalized spacial score (nSPS) is 10.7. The Bertz CT molecular complexity index is 630. The molecule has 0 aliphatic heterocycles. The van der Waals surface area contributed by atoms with Crippen LogP contribution >= 0.6 is 22.9 Å². The number of thiazole rings is 1. The molecule has 0 bridgehead atoms. The molecule has 0 aromatic carbocycles. The zero-order chi connectivity index (χ0) is 12.4. The van der Waals surface area contributed by atoms with Crippen LogP contribution in [0.4, 0.5) is 0 Å². The smallest absolute Gasteiger partial charge is 0.297 e. The van der Waals surface area contributed by atoms with Crippen molar-refractivity contribution in [2.45, 2.75) is 19.9 Å². The topological polar surface area (TPSA) is 67.8 Å². The van der Waals surface area contributed by atoms with Crippen molar-refractivity contribution in [2.24, 2.45) is 0 Å². The lowest BCUT2D eigenvalue weighted by Gasteiger charge is -2.06. The molecule has 0 aliphatic rings. The van der Waals surface area contributed by atoms with Crippen LogP contribution in [0, 0.1) is 0 Å². The largest absolute Gasteiger partial charge is 0.329 e. The second kappa shape index (κ2) is 4.85. The molecule has 0 saturated heterocycles. The van der Waals surface area contributed by atoms with Crippen molar-refractivity contribution in [1.29, 1.82) is 0 Å². The van der Waals surface area contributed by atoms with Crippen LogP contribution in [0.2, 0.25) is 5.15 Å². The molecule has 2 aromatic heterocycles. The minimum Gasteiger partial charge on any atom is -0.297 e. The fourth-order valence-corrected chi connectivity index (χ4v) is 2.39. The van der Waals surface area contributed by atoms with Crippen molar-refractivity contribution in [1.82, 2.24) is 14.5 Å². The first-order valence-electron chi connectivity index (χ1n) is 5.02. The van der Waals surface area contributed by atoms with E-state index in [9.17, 15) is 9.59 Å². The maximum Gasteiger partial charge on any atom is 0.329 e. The summed E-state index contributed by atoms with van der Waals surface area (Å²) in [6, 6.07) is 0. The molecule has 2 aromatic rings. The van der Waals surface area contributed by atoms with E-state index in [0.717, 1.165) is 9.44 Å². The van der Waals surface area contributed by atoms with Gasteiger partial charge in [-0.3, -0.25) is 19.3 Å². The fraction of sp³-hybridized carbons (Fsp3) is 0.300. The van der Waals surface area contributed by atoms with E-state index in [1.807, 2.05) is 6.92 Å². The van der Waals surface area contributed by atoms with Crippen LogP contribution in [0.25, 0.3) is 0 Å². The third-order valence-electron chi connectivity index (χ3n) is 2.38. The molecule has 0 unspecified atom stereocenters. The number of aromatic nitrogens is 3. The molecule has 0 amide bonds. The Hall–Kier alpha value is -1.40. The summed E-state index contributed by atoms with van der Waals surface area (Å²) < 4.78 is 1.14. The third-order valence-corrected chi connectivity index (χ3v) is 3.47. The van der Waals surface area contributed by atoms with Crippen molar-refractivity contribution in [3.63, 3.8) is 0 Å². The van der Waals surface area contributed by atoms with Crippen molar-refractivity contribution in [2.75, 3.05) is 0 Å². The summed E-state index contributed by atoms with van der Waals surface area (Å²) in [5.41, 5.74) is 1.25. The minimum absolute atomic E-state index is 0.128. The first-order chi connectivity index (χ1) is 8.13. The summed E-state index contributed by atoms with van der Waals surface area (Å²) in [4.78, 5) is 30.9. The number of rotatable bonds is 3. The van der Waals surface area contributed by atoms with Crippen molar-refractivity contribution >= 4 is 22.9 Å². The van der Waals surface area contributed by atoms with E-state index < -0.39 is 5.69 Å². The molecular formula is C10H10ClN3O2S. The van der Waals surface area contributed by atoms with Gasteiger partial charge >= 0.3 is 5.69 Å². The highest BCUT2D eigenvalue weighted by Crippen LogP contribution is 2.08. The van der Waals surface area contributed by atoms with Crippen LogP contribution in [-0.2, 0) is 13.0 Å². The Morgan fingerprint density at radius 2 is 2.29 bits per heavy atom. The molecular weight excluding hydrogens is 262 g/mol. The molecule has 2 heterocycles. The highest BCUT2D eigenvalue weighted by atomic mass is 35.5. The van der Waals surface area contributed by atoms with E-state index in [2.05, 4.69) is 9.97 Å². The van der Waals surface area contributed by atoms with E-state index >= 15 is 0 Å². The molecule has 2 rings (SSSR count). The van der Waals surface area contributed by atoms with Gasteiger partial charge in [0.25, 0.3) is 5.56 Å². The zero-order valence-corrected chi connectivity index (χ0v) is 10.6. The molecule has 1 N–H and O–H groups in total. The standard InChI is InChI=1S/C10H10ClN3O2S/c1-2-7-8(11)13-10(16)14(9(7)15)4-6-3-12-5-17-6/h3,5H,2,4H2,1H3,(H,13,16). The van der Waals surface area contributed by atoms with E-state index in [4.69, 9.17) is 11.6 Å². The molecule has 7 heteroatoms. The molecule has 0 saturated carbocycles. The third kappa shape index (κ3) is 2.32. The van der Waals surface area contributed by atoms with Crippen LogP contribution in [0.3, 0.4) is 0 Å². The Morgan fingerprint density at radius 1 is 1.53 bits per heavy atom. The van der Waals surface area contributed by atoms with Crippen LogP contribution in [0.5, 0.6) is 0 Å². The predicted molar refractivity (Wildman–Crippen MR) is 66.9 cm³/mol.